The minimum absolute atomic E-state index is 0.00121. The summed E-state index contributed by atoms with van der Waals surface area (Å²) in [6.07, 6.45) is 2.61. The van der Waals surface area contributed by atoms with Gasteiger partial charge in [-0.15, -0.1) is 11.3 Å². The fourth-order valence-corrected chi connectivity index (χ4v) is 5.40. The molecule has 11 heteroatoms. The highest BCUT2D eigenvalue weighted by Gasteiger charge is 2.38. The van der Waals surface area contributed by atoms with E-state index in [1.54, 1.807) is 4.90 Å². The topological polar surface area (TPSA) is 132 Å². The third-order valence-corrected chi connectivity index (χ3v) is 8.01. The van der Waals surface area contributed by atoms with Crippen LogP contribution in [0.3, 0.4) is 0 Å². The molecule has 0 aromatic carbocycles. The van der Waals surface area contributed by atoms with Gasteiger partial charge in [-0.05, 0) is 38.3 Å². The van der Waals surface area contributed by atoms with E-state index < -0.39 is 24.2 Å². The molecule has 1 saturated heterocycles. The normalized spacial score (nSPS) is 19.9. The van der Waals surface area contributed by atoms with Gasteiger partial charge in [0, 0.05) is 25.0 Å². The van der Waals surface area contributed by atoms with Crippen molar-refractivity contribution in [3.63, 3.8) is 0 Å². The number of carbonyl (C=O) groups is 3. The minimum atomic E-state index is -1.16. The molecule has 204 valence electrons. The average Bonchev–Trinajstić information content (AvgIpc) is 3.34. The molecule has 3 N–H and O–H groups in total. The first-order chi connectivity index (χ1) is 17.0. The number of carboxylic acid groups (broad SMARTS) is 1. The van der Waals surface area contributed by atoms with Crippen LogP contribution in [0.5, 0.6) is 0 Å². The largest absolute Gasteiger partial charge is 0.476 e. The predicted molar refractivity (Wildman–Crippen MR) is 138 cm³/mol. The third kappa shape index (κ3) is 7.71. The summed E-state index contributed by atoms with van der Waals surface area (Å²) in [7, 11) is 3.44. The van der Waals surface area contributed by atoms with E-state index in [4.69, 9.17) is 9.84 Å². The summed E-state index contributed by atoms with van der Waals surface area (Å²) in [6, 6.07) is -1.42. The van der Waals surface area contributed by atoms with Gasteiger partial charge in [-0.2, -0.15) is 0 Å². The van der Waals surface area contributed by atoms with E-state index in [-0.39, 0.29) is 53.5 Å². The molecular weight excluding hydrogens is 484 g/mol. The SMILES string of the molecule is CCC(C)C(NC(=O)C1CCCCN1C)C(=O)N(COC)[C@H](C[C@@H](O)c1nc(C(=O)O)cs1)C(C)C. The van der Waals surface area contributed by atoms with Gasteiger partial charge in [0.05, 0.1) is 6.04 Å². The van der Waals surface area contributed by atoms with Gasteiger partial charge in [-0.1, -0.05) is 40.5 Å². The minimum Gasteiger partial charge on any atom is -0.476 e. The Bertz CT molecular complexity index is 878. The van der Waals surface area contributed by atoms with Crippen molar-refractivity contribution < 1.29 is 29.3 Å². The van der Waals surface area contributed by atoms with Crippen molar-refractivity contribution in [2.45, 2.75) is 84.0 Å². The Morgan fingerprint density at radius 1 is 1.31 bits per heavy atom. The molecule has 2 amide bonds. The van der Waals surface area contributed by atoms with Gasteiger partial charge in [0.25, 0.3) is 0 Å². The molecule has 0 radical (unpaired) electrons. The summed E-state index contributed by atoms with van der Waals surface area (Å²) < 4.78 is 5.39. The molecule has 1 aliphatic rings. The van der Waals surface area contributed by atoms with Crippen molar-refractivity contribution in [2.24, 2.45) is 11.8 Å². The molecule has 1 aliphatic heterocycles. The molecule has 1 aromatic heterocycles. The maximum Gasteiger partial charge on any atom is 0.355 e. The molecular formula is C25H42N4O6S. The maximum atomic E-state index is 13.9. The van der Waals surface area contributed by atoms with Gasteiger partial charge in [-0.25, -0.2) is 9.78 Å². The lowest BCUT2D eigenvalue weighted by atomic mass is 9.92. The van der Waals surface area contributed by atoms with Gasteiger partial charge < -0.3 is 25.2 Å². The number of hydrogen-bond donors (Lipinski definition) is 3. The number of piperidine rings is 1. The summed E-state index contributed by atoms with van der Waals surface area (Å²) in [4.78, 5) is 46.0. The van der Waals surface area contributed by atoms with Crippen molar-refractivity contribution >= 4 is 29.1 Å². The van der Waals surface area contributed by atoms with Gasteiger partial charge in [0.15, 0.2) is 5.69 Å². The second-order valence-electron chi connectivity index (χ2n) is 10.0. The first-order valence-corrected chi connectivity index (χ1v) is 13.6. The van der Waals surface area contributed by atoms with E-state index in [1.807, 2.05) is 39.6 Å². The van der Waals surface area contributed by atoms with Gasteiger partial charge in [-0.3, -0.25) is 14.5 Å². The van der Waals surface area contributed by atoms with Crippen LogP contribution in [0, 0.1) is 11.8 Å². The molecule has 1 fully saturated rings. The second-order valence-corrected chi connectivity index (χ2v) is 10.9. The summed E-state index contributed by atoms with van der Waals surface area (Å²) in [5.41, 5.74) is -0.118. The highest BCUT2D eigenvalue weighted by atomic mass is 32.1. The number of carboxylic acids is 1. The van der Waals surface area contributed by atoms with Crippen LogP contribution in [0.4, 0.5) is 0 Å². The summed E-state index contributed by atoms with van der Waals surface area (Å²) in [5, 5.41) is 24.7. The molecule has 0 aliphatic carbocycles. The zero-order valence-corrected chi connectivity index (χ0v) is 23.1. The first-order valence-electron chi connectivity index (χ1n) is 12.7. The molecule has 36 heavy (non-hydrogen) atoms. The van der Waals surface area contributed by atoms with E-state index in [1.165, 1.54) is 12.5 Å². The van der Waals surface area contributed by atoms with Crippen LogP contribution in [0.2, 0.25) is 0 Å². The number of hydrogen-bond acceptors (Lipinski definition) is 8. The van der Waals surface area contributed by atoms with Crippen LogP contribution in [0.1, 0.15) is 81.4 Å². The molecule has 5 atom stereocenters. The molecule has 2 heterocycles. The molecule has 1 aromatic rings. The van der Waals surface area contributed by atoms with Crippen LogP contribution in [-0.2, 0) is 14.3 Å². The monoisotopic (exact) mass is 526 g/mol. The number of aromatic carboxylic acids is 1. The van der Waals surface area contributed by atoms with Gasteiger partial charge in [0.2, 0.25) is 11.8 Å². The smallest absolute Gasteiger partial charge is 0.355 e. The highest BCUT2D eigenvalue weighted by Crippen LogP contribution is 2.28. The van der Waals surface area contributed by atoms with Crippen LogP contribution >= 0.6 is 11.3 Å². The van der Waals surface area contributed by atoms with Gasteiger partial charge >= 0.3 is 5.97 Å². The van der Waals surface area contributed by atoms with E-state index in [2.05, 4.69) is 10.3 Å². The Morgan fingerprint density at radius 2 is 2.00 bits per heavy atom. The number of nitrogens with zero attached hydrogens (tertiary/aromatic N) is 3. The van der Waals surface area contributed by atoms with Crippen molar-refractivity contribution in [1.82, 2.24) is 20.1 Å². The van der Waals surface area contributed by atoms with E-state index in [0.29, 0.717) is 6.42 Å². The lowest BCUT2D eigenvalue weighted by Crippen LogP contribution is -2.59. The Balaban J connectivity index is 2.27. The Kier molecular flexibility index (Phi) is 11.7. The Morgan fingerprint density at radius 3 is 2.53 bits per heavy atom. The number of aliphatic hydroxyl groups excluding tert-OH is 1. The first kappa shape index (κ1) is 30.1. The number of thiazole rings is 1. The van der Waals surface area contributed by atoms with Crippen molar-refractivity contribution in [3.8, 4) is 0 Å². The molecule has 2 rings (SSSR count). The maximum absolute atomic E-state index is 13.9. The van der Waals surface area contributed by atoms with E-state index in [9.17, 15) is 19.5 Å². The lowest BCUT2D eigenvalue weighted by molar-refractivity contribution is -0.148. The summed E-state index contributed by atoms with van der Waals surface area (Å²) >= 11 is 1.07. The number of methoxy groups -OCH3 is 1. The Labute approximate surface area is 218 Å². The standard InChI is InChI=1S/C25H42N4O6S/c1-7-16(4)21(27-22(31)18-10-8-9-11-28(18)5)24(32)29(14-35-6)19(15(2)3)12-20(30)23-26-17(13-36-23)25(33)34/h13,15-16,18-21,30H,7-12,14H2,1-6H3,(H,27,31)(H,33,34)/t16?,18?,19-,20-,21?/m1/s1. The average molecular weight is 527 g/mol. The second kappa shape index (κ2) is 14.0. The van der Waals surface area contributed by atoms with Crippen LogP contribution in [0.15, 0.2) is 5.38 Å². The number of nitrogens with one attached hydrogen (secondary N) is 1. The number of rotatable bonds is 13. The van der Waals surface area contributed by atoms with Crippen LogP contribution < -0.4 is 5.32 Å². The molecule has 0 bridgehead atoms. The quantitative estimate of drug-likeness (QED) is 0.334. The molecule has 10 nitrogen and oxygen atoms in total. The van der Waals surface area contributed by atoms with Crippen LogP contribution in [0.25, 0.3) is 0 Å². The molecule has 3 unspecified atom stereocenters. The lowest BCUT2D eigenvalue weighted by Gasteiger charge is -2.39. The zero-order chi connectivity index (χ0) is 27.0. The number of aromatic nitrogens is 1. The number of carbonyl (C=O) groups excluding carboxylic acids is 2. The number of aliphatic hydroxyl groups is 1. The fourth-order valence-electron chi connectivity index (χ4n) is 4.61. The number of ether oxygens (including phenoxy) is 1. The van der Waals surface area contributed by atoms with E-state index in [0.717, 1.165) is 37.1 Å². The third-order valence-electron chi connectivity index (χ3n) is 7.06. The Hall–Kier alpha value is -2.08. The molecule has 0 spiro atoms. The number of likely N-dealkylation sites (N-methyl/N-ethyl adjacent to an activating group) is 1. The summed E-state index contributed by atoms with van der Waals surface area (Å²) in [6.45, 7) is 8.68. The van der Waals surface area contributed by atoms with Crippen LogP contribution in [-0.4, -0.2) is 88.3 Å². The summed E-state index contributed by atoms with van der Waals surface area (Å²) in [5.74, 6) is -1.70. The number of amides is 2. The van der Waals surface area contributed by atoms with Crippen molar-refractivity contribution in [3.05, 3.63) is 16.1 Å². The molecule has 0 saturated carbocycles. The van der Waals surface area contributed by atoms with Crippen molar-refractivity contribution in [2.75, 3.05) is 27.4 Å². The zero-order valence-electron chi connectivity index (χ0n) is 22.3. The van der Waals surface area contributed by atoms with Gasteiger partial charge in [0.1, 0.15) is 23.9 Å². The number of likely N-dealkylation sites (tertiary alicyclic amines) is 1. The fraction of sp³-hybridized carbons (Fsp3) is 0.760. The van der Waals surface area contributed by atoms with Crippen molar-refractivity contribution in [1.29, 1.82) is 0 Å². The van der Waals surface area contributed by atoms with E-state index >= 15 is 0 Å². The predicted octanol–water partition coefficient (Wildman–Crippen LogP) is 2.74. The highest BCUT2D eigenvalue weighted by molar-refractivity contribution is 7.09.